The summed E-state index contributed by atoms with van der Waals surface area (Å²) in [6.07, 6.45) is 2.30. The summed E-state index contributed by atoms with van der Waals surface area (Å²) in [6, 6.07) is 15.1. The second kappa shape index (κ2) is 5.11. The van der Waals surface area contributed by atoms with Gasteiger partial charge in [0.25, 0.3) is 0 Å². The van der Waals surface area contributed by atoms with Crippen LogP contribution in [0.4, 0.5) is 0 Å². The Kier molecular flexibility index (Phi) is 3.72. The summed E-state index contributed by atoms with van der Waals surface area (Å²) in [7, 11) is 0. The van der Waals surface area contributed by atoms with Gasteiger partial charge in [0.05, 0.1) is 0 Å². The minimum atomic E-state index is -0.180. The van der Waals surface area contributed by atoms with Crippen LogP contribution in [0.15, 0.2) is 42.5 Å². The number of benzene rings is 2. The molecule has 0 saturated heterocycles. The molecule has 0 bridgehead atoms. The minimum absolute atomic E-state index is 0.180. The van der Waals surface area contributed by atoms with E-state index in [1.54, 1.807) is 0 Å². The molecule has 0 amide bonds. The first-order valence-electron chi connectivity index (χ1n) is 6.80. The van der Waals surface area contributed by atoms with Crippen molar-refractivity contribution in [2.75, 3.05) is 0 Å². The zero-order chi connectivity index (χ0) is 13.2. The minimum Gasteiger partial charge on any atom is -0.325 e. The Bertz CT molecular complexity index is 517. The van der Waals surface area contributed by atoms with Crippen LogP contribution in [0.2, 0.25) is 0 Å². The highest BCUT2D eigenvalue weighted by Gasteiger charge is 2.26. The first-order chi connectivity index (χ1) is 8.54. The quantitative estimate of drug-likeness (QED) is 0.840. The largest absolute Gasteiger partial charge is 0.325 e. The summed E-state index contributed by atoms with van der Waals surface area (Å²) in [4.78, 5) is 0. The molecule has 2 N–H and O–H groups in total. The van der Waals surface area contributed by atoms with Crippen LogP contribution in [-0.2, 0) is 0 Å². The number of fused-ring (bicyclic) bond motifs is 1. The Morgan fingerprint density at radius 3 is 2.39 bits per heavy atom. The SMILES string of the molecule is CCCC(c1cccc2ccccc12)C(C)(C)N. The molecule has 1 atom stereocenters. The molecule has 0 spiro atoms. The van der Waals surface area contributed by atoms with Gasteiger partial charge in [0.1, 0.15) is 0 Å². The Hall–Kier alpha value is -1.34. The highest BCUT2D eigenvalue weighted by atomic mass is 14.7. The lowest BCUT2D eigenvalue weighted by Crippen LogP contribution is -2.39. The van der Waals surface area contributed by atoms with Crippen molar-refractivity contribution >= 4 is 10.8 Å². The predicted octanol–water partition coefficient (Wildman–Crippen LogP) is 4.46. The molecule has 2 rings (SSSR count). The summed E-state index contributed by atoms with van der Waals surface area (Å²) in [5, 5.41) is 2.65. The number of hydrogen-bond acceptors (Lipinski definition) is 1. The van der Waals surface area contributed by atoms with Gasteiger partial charge < -0.3 is 5.73 Å². The Balaban J connectivity index is 2.57. The molecule has 0 radical (unpaired) electrons. The summed E-state index contributed by atoms with van der Waals surface area (Å²) in [5.74, 6) is 0.411. The van der Waals surface area contributed by atoms with E-state index in [0.29, 0.717) is 5.92 Å². The van der Waals surface area contributed by atoms with Crippen molar-refractivity contribution in [1.82, 2.24) is 0 Å². The Morgan fingerprint density at radius 1 is 1.06 bits per heavy atom. The van der Waals surface area contributed by atoms with E-state index in [1.807, 2.05) is 0 Å². The fourth-order valence-corrected chi connectivity index (χ4v) is 2.77. The van der Waals surface area contributed by atoms with Gasteiger partial charge >= 0.3 is 0 Å². The average molecular weight is 241 g/mol. The van der Waals surface area contributed by atoms with Crippen molar-refractivity contribution in [2.24, 2.45) is 5.73 Å². The molecule has 0 aliphatic carbocycles. The molecule has 1 heteroatoms. The van der Waals surface area contributed by atoms with Crippen molar-refractivity contribution in [1.29, 1.82) is 0 Å². The van der Waals surface area contributed by atoms with Gasteiger partial charge in [-0.1, -0.05) is 55.8 Å². The van der Waals surface area contributed by atoms with E-state index in [4.69, 9.17) is 5.73 Å². The van der Waals surface area contributed by atoms with Crippen LogP contribution in [0.1, 0.15) is 45.1 Å². The predicted molar refractivity (Wildman–Crippen MR) is 79.9 cm³/mol. The normalized spacial score (nSPS) is 13.8. The molecule has 0 aliphatic rings. The summed E-state index contributed by atoms with van der Waals surface area (Å²) in [5.41, 5.74) is 7.60. The van der Waals surface area contributed by atoms with Crippen molar-refractivity contribution in [3.63, 3.8) is 0 Å². The Morgan fingerprint density at radius 2 is 1.72 bits per heavy atom. The van der Waals surface area contributed by atoms with Crippen molar-refractivity contribution in [2.45, 2.75) is 45.1 Å². The van der Waals surface area contributed by atoms with E-state index in [2.05, 4.69) is 63.2 Å². The maximum atomic E-state index is 6.39. The second-order valence-electron chi connectivity index (χ2n) is 5.73. The lowest BCUT2D eigenvalue weighted by Gasteiger charge is -2.31. The molecule has 1 nitrogen and oxygen atoms in total. The molecular formula is C17H23N. The van der Waals surface area contributed by atoms with Gasteiger partial charge in [0.15, 0.2) is 0 Å². The van der Waals surface area contributed by atoms with E-state index in [9.17, 15) is 0 Å². The van der Waals surface area contributed by atoms with Gasteiger partial charge in [-0.25, -0.2) is 0 Å². The van der Waals surface area contributed by atoms with E-state index in [0.717, 1.165) is 12.8 Å². The van der Waals surface area contributed by atoms with E-state index >= 15 is 0 Å². The highest BCUT2D eigenvalue weighted by molar-refractivity contribution is 5.86. The van der Waals surface area contributed by atoms with Gasteiger partial charge in [0.2, 0.25) is 0 Å². The fraction of sp³-hybridized carbons (Fsp3) is 0.412. The lowest BCUT2D eigenvalue weighted by atomic mass is 9.78. The van der Waals surface area contributed by atoms with Crippen LogP contribution in [0.3, 0.4) is 0 Å². The van der Waals surface area contributed by atoms with Gasteiger partial charge in [-0.3, -0.25) is 0 Å². The van der Waals surface area contributed by atoms with Crippen LogP contribution in [0, 0.1) is 0 Å². The van der Waals surface area contributed by atoms with E-state index in [1.165, 1.54) is 16.3 Å². The molecule has 96 valence electrons. The third kappa shape index (κ3) is 2.56. The van der Waals surface area contributed by atoms with Crippen LogP contribution in [-0.4, -0.2) is 5.54 Å². The van der Waals surface area contributed by atoms with Crippen molar-refractivity contribution in [3.05, 3.63) is 48.0 Å². The molecule has 1 unspecified atom stereocenters. The standard InChI is InChI=1S/C17H23N/c1-4-8-16(17(2,3)18)15-12-7-10-13-9-5-6-11-14(13)15/h5-7,9-12,16H,4,8,18H2,1-3H3. The van der Waals surface area contributed by atoms with E-state index < -0.39 is 0 Å². The van der Waals surface area contributed by atoms with Crippen LogP contribution in [0.5, 0.6) is 0 Å². The third-order valence-corrected chi connectivity index (χ3v) is 3.67. The van der Waals surface area contributed by atoms with Crippen molar-refractivity contribution < 1.29 is 0 Å². The van der Waals surface area contributed by atoms with Gasteiger partial charge in [-0.15, -0.1) is 0 Å². The molecule has 0 saturated carbocycles. The smallest absolute Gasteiger partial charge is 0.0166 e. The van der Waals surface area contributed by atoms with Crippen LogP contribution >= 0.6 is 0 Å². The zero-order valence-electron chi connectivity index (χ0n) is 11.6. The second-order valence-corrected chi connectivity index (χ2v) is 5.73. The van der Waals surface area contributed by atoms with E-state index in [-0.39, 0.29) is 5.54 Å². The molecule has 2 aromatic rings. The first-order valence-corrected chi connectivity index (χ1v) is 6.80. The molecule has 0 fully saturated rings. The maximum Gasteiger partial charge on any atom is 0.0166 e. The monoisotopic (exact) mass is 241 g/mol. The highest BCUT2D eigenvalue weighted by Crippen LogP contribution is 2.35. The Labute approximate surface area is 110 Å². The number of nitrogens with two attached hydrogens (primary N) is 1. The summed E-state index contributed by atoms with van der Waals surface area (Å²) >= 11 is 0. The summed E-state index contributed by atoms with van der Waals surface area (Å²) in [6.45, 7) is 6.49. The molecule has 0 heterocycles. The fourth-order valence-electron chi connectivity index (χ4n) is 2.77. The third-order valence-electron chi connectivity index (χ3n) is 3.67. The average Bonchev–Trinajstić information content (AvgIpc) is 2.34. The van der Waals surface area contributed by atoms with Gasteiger partial charge in [0, 0.05) is 11.5 Å². The van der Waals surface area contributed by atoms with Gasteiger partial charge in [-0.05, 0) is 36.6 Å². The van der Waals surface area contributed by atoms with Crippen molar-refractivity contribution in [3.8, 4) is 0 Å². The lowest BCUT2D eigenvalue weighted by molar-refractivity contribution is 0.389. The molecule has 0 aliphatic heterocycles. The van der Waals surface area contributed by atoms with Crippen LogP contribution in [0.25, 0.3) is 10.8 Å². The molecule has 2 aromatic carbocycles. The van der Waals surface area contributed by atoms with Crippen LogP contribution < -0.4 is 5.73 Å². The zero-order valence-corrected chi connectivity index (χ0v) is 11.6. The summed E-state index contributed by atoms with van der Waals surface area (Å²) < 4.78 is 0. The molecular weight excluding hydrogens is 218 g/mol. The topological polar surface area (TPSA) is 26.0 Å². The number of hydrogen-bond donors (Lipinski definition) is 1. The molecule has 18 heavy (non-hydrogen) atoms. The molecule has 0 aromatic heterocycles. The number of rotatable bonds is 4. The van der Waals surface area contributed by atoms with Gasteiger partial charge in [-0.2, -0.15) is 0 Å². The first kappa shape index (κ1) is 13.1. The maximum absolute atomic E-state index is 6.39.